The average molecular weight is 277 g/mol. The summed E-state index contributed by atoms with van der Waals surface area (Å²) in [5.74, 6) is -1.16. The Morgan fingerprint density at radius 3 is 2.85 bits per heavy atom. The van der Waals surface area contributed by atoms with E-state index in [9.17, 15) is 9.59 Å². The second kappa shape index (κ2) is 5.68. The Hall–Kier alpha value is -2.44. The predicted molar refractivity (Wildman–Crippen MR) is 70.5 cm³/mol. The number of carbonyl (C=O) groups excluding carboxylic acids is 1. The van der Waals surface area contributed by atoms with E-state index in [-0.39, 0.29) is 12.3 Å². The summed E-state index contributed by atoms with van der Waals surface area (Å²) in [4.78, 5) is 26.7. The van der Waals surface area contributed by atoms with Gasteiger partial charge in [0.25, 0.3) is 11.6 Å². The van der Waals surface area contributed by atoms with Crippen LogP contribution < -0.4 is 5.32 Å². The molecule has 0 aliphatic carbocycles. The van der Waals surface area contributed by atoms with E-state index in [0.717, 1.165) is 0 Å². The van der Waals surface area contributed by atoms with Crippen molar-refractivity contribution in [3.63, 3.8) is 0 Å². The third-order valence-corrected chi connectivity index (χ3v) is 2.84. The van der Waals surface area contributed by atoms with Crippen LogP contribution in [0.2, 0.25) is 0 Å². The van der Waals surface area contributed by atoms with Crippen LogP contribution in [0.3, 0.4) is 0 Å². The highest BCUT2D eigenvalue weighted by atomic mass is 16.5. The summed E-state index contributed by atoms with van der Waals surface area (Å²) < 4.78 is 5.06. The van der Waals surface area contributed by atoms with E-state index < -0.39 is 5.97 Å². The number of pyridine rings is 1. The summed E-state index contributed by atoms with van der Waals surface area (Å²) in [7, 11) is 0. The van der Waals surface area contributed by atoms with Gasteiger partial charge in [0.05, 0.1) is 16.6 Å². The zero-order valence-corrected chi connectivity index (χ0v) is 11.3. The van der Waals surface area contributed by atoms with Crippen molar-refractivity contribution < 1.29 is 19.2 Å². The molecule has 0 saturated heterocycles. The Labute approximate surface area is 115 Å². The van der Waals surface area contributed by atoms with Gasteiger partial charge in [-0.3, -0.25) is 9.59 Å². The molecular weight excluding hydrogens is 262 g/mol. The van der Waals surface area contributed by atoms with Gasteiger partial charge >= 0.3 is 5.97 Å². The van der Waals surface area contributed by atoms with Gasteiger partial charge in [-0.15, -0.1) is 0 Å². The fourth-order valence-corrected chi connectivity index (χ4v) is 1.93. The minimum Gasteiger partial charge on any atom is -0.481 e. The average Bonchev–Trinajstić information content (AvgIpc) is 2.74. The zero-order chi connectivity index (χ0) is 14.7. The van der Waals surface area contributed by atoms with Gasteiger partial charge in [-0.25, -0.2) is 4.98 Å². The minimum absolute atomic E-state index is 0.0252. The summed E-state index contributed by atoms with van der Waals surface area (Å²) in [6.07, 6.45) is 0.411. The van der Waals surface area contributed by atoms with E-state index in [1.54, 1.807) is 19.9 Å². The number of amides is 1. The third-order valence-electron chi connectivity index (χ3n) is 2.84. The lowest BCUT2D eigenvalue weighted by atomic mass is 10.1. The molecule has 2 aromatic heterocycles. The SMILES string of the molecule is Cc1cc(C(=O)NCCCC(=O)O)c2c(C)noc2n1. The van der Waals surface area contributed by atoms with Gasteiger partial charge in [-0.05, 0) is 26.3 Å². The van der Waals surface area contributed by atoms with Gasteiger partial charge in [0.15, 0.2) is 0 Å². The molecule has 0 aromatic carbocycles. The number of hydrogen-bond acceptors (Lipinski definition) is 5. The van der Waals surface area contributed by atoms with Crippen LogP contribution in [0.1, 0.15) is 34.6 Å². The molecule has 2 heterocycles. The summed E-state index contributed by atoms with van der Waals surface area (Å²) in [5, 5.41) is 15.6. The number of aryl methyl sites for hydroxylation is 2. The normalized spacial score (nSPS) is 10.7. The fourth-order valence-electron chi connectivity index (χ4n) is 1.93. The molecule has 0 saturated carbocycles. The molecule has 0 aliphatic rings. The lowest BCUT2D eigenvalue weighted by Crippen LogP contribution is -2.25. The molecule has 0 aliphatic heterocycles. The number of nitrogens with one attached hydrogen (secondary N) is 1. The van der Waals surface area contributed by atoms with Crippen molar-refractivity contribution >= 4 is 23.0 Å². The van der Waals surface area contributed by atoms with Gasteiger partial charge < -0.3 is 14.9 Å². The van der Waals surface area contributed by atoms with Crippen molar-refractivity contribution in [3.05, 3.63) is 23.0 Å². The molecule has 7 heteroatoms. The number of aromatic nitrogens is 2. The number of rotatable bonds is 5. The number of carboxylic acid groups (broad SMARTS) is 1. The van der Waals surface area contributed by atoms with E-state index in [1.807, 2.05) is 0 Å². The maximum absolute atomic E-state index is 12.1. The van der Waals surface area contributed by atoms with E-state index in [4.69, 9.17) is 9.63 Å². The molecule has 2 rings (SSSR count). The highest BCUT2D eigenvalue weighted by Crippen LogP contribution is 2.21. The number of fused-ring (bicyclic) bond motifs is 1. The molecule has 7 nitrogen and oxygen atoms in total. The first-order valence-electron chi connectivity index (χ1n) is 6.22. The number of aliphatic carboxylic acids is 1. The highest BCUT2D eigenvalue weighted by molar-refractivity contribution is 6.06. The summed E-state index contributed by atoms with van der Waals surface area (Å²) in [6.45, 7) is 3.81. The van der Waals surface area contributed by atoms with Crippen molar-refractivity contribution in [1.82, 2.24) is 15.5 Å². The number of carboxylic acids is 1. The maximum Gasteiger partial charge on any atom is 0.303 e. The Balaban J connectivity index is 2.17. The zero-order valence-electron chi connectivity index (χ0n) is 11.3. The van der Waals surface area contributed by atoms with E-state index in [0.29, 0.717) is 41.0 Å². The monoisotopic (exact) mass is 277 g/mol. The second-order valence-electron chi connectivity index (χ2n) is 4.51. The van der Waals surface area contributed by atoms with Crippen molar-refractivity contribution in [2.45, 2.75) is 26.7 Å². The van der Waals surface area contributed by atoms with Crippen LogP contribution in [0.5, 0.6) is 0 Å². The van der Waals surface area contributed by atoms with Crippen LogP contribution >= 0.6 is 0 Å². The maximum atomic E-state index is 12.1. The Morgan fingerprint density at radius 1 is 1.40 bits per heavy atom. The summed E-state index contributed by atoms with van der Waals surface area (Å²) in [6, 6.07) is 1.67. The molecule has 0 bridgehead atoms. The van der Waals surface area contributed by atoms with E-state index in [2.05, 4.69) is 15.5 Å². The number of carbonyl (C=O) groups is 2. The third kappa shape index (κ3) is 2.93. The summed E-state index contributed by atoms with van der Waals surface area (Å²) >= 11 is 0. The van der Waals surface area contributed by atoms with Gasteiger partial charge in [0.1, 0.15) is 0 Å². The Kier molecular flexibility index (Phi) is 3.97. The van der Waals surface area contributed by atoms with Crippen molar-refractivity contribution in [1.29, 1.82) is 0 Å². The Morgan fingerprint density at radius 2 is 2.15 bits per heavy atom. The van der Waals surface area contributed by atoms with Crippen LogP contribution in [-0.4, -0.2) is 33.7 Å². The van der Waals surface area contributed by atoms with Crippen LogP contribution in [0, 0.1) is 13.8 Å². The van der Waals surface area contributed by atoms with Crippen molar-refractivity contribution in [3.8, 4) is 0 Å². The smallest absolute Gasteiger partial charge is 0.303 e. The van der Waals surface area contributed by atoms with Crippen LogP contribution in [0.4, 0.5) is 0 Å². The van der Waals surface area contributed by atoms with Crippen LogP contribution in [0.15, 0.2) is 10.6 Å². The highest BCUT2D eigenvalue weighted by Gasteiger charge is 2.17. The van der Waals surface area contributed by atoms with Crippen molar-refractivity contribution in [2.75, 3.05) is 6.54 Å². The number of hydrogen-bond donors (Lipinski definition) is 2. The van der Waals surface area contributed by atoms with E-state index in [1.165, 1.54) is 0 Å². The van der Waals surface area contributed by atoms with Gasteiger partial charge in [-0.2, -0.15) is 0 Å². The summed E-state index contributed by atoms with van der Waals surface area (Å²) in [5.41, 5.74) is 2.03. The standard InChI is InChI=1S/C13H15N3O4/c1-7-6-9(11-8(2)16-20-13(11)15-7)12(19)14-5-3-4-10(17)18/h6H,3-5H2,1-2H3,(H,14,19)(H,17,18). The van der Waals surface area contributed by atoms with Crippen LogP contribution in [0.25, 0.3) is 11.1 Å². The lowest BCUT2D eigenvalue weighted by Gasteiger charge is -2.06. The first kappa shape index (κ1) is 14.0. The minimum atomic E-state index is -0.878. The fraction of sp³-hybridized carbons (Fsp3) is 0.385. The van der Waals surface area contributed by atoms with Crippen LogP contribution in [-0.2, 0) is 4.79 Å². The van der Waals surface area contributed by atoms with Gasteiger partial charge in [0, 0.05) is 18.7 Å². The molecule has 106 valence electrons. The second-order valence-corrected chi connectivity index (χ2v) is 4.51. The molecule has 1 amide bonds. The molecule has 2 N–H and O–H groups in total. The lowest BCUT2D eigenvalue weighted by molar-refractivity contribution is -0.137. The van der Waals surface area contributed by atoms with Crippen molar-refractivity contribution in [2.24, 2.45) is 0 Å². The Bertz CT molecular complexity index is 663. The number of nitrogens with zero attached hydrogens (tertiary/aromatic N) is 2. The molecule has 0 radical (unpaired) electrons. The first-order valence-corrected chi connectivity index (χ1v) is 6.22. The van der Waals surface area contributed by atoms with E-state index >= 15 is 0 Å². The largest absolute Gasteiger partial charge is 0.481 e. The molecule has 0 fully saturated rings. The molecule has 20 heavy (non-hydrogen) atoms. The quantitative estimate of drug-likeness (QED) is 0.801. The van der Waals surface area contributed by atoms with Gasteiger partial charge in [-0.1, -0.05) is 5.16 Å². The molecular formula is C13H15N3O4. The van der Waals surface area contributed by atoms with Gasteiger partial charge in [0.2, 0.25) is 0 Å². The first-order chi connectivity index (χ1) is 9.49. The predicted octanol–water partition coefficient (Wildman–Crippen LogP) is 1.43. The molecule has 0 spiro atoms. The molecule has 0 atom stereocenters. The molecule has 0 unspecified atom stereocenters. The topological polar surface area (TPSA) is 105 Å². The molecule has 2 aromatic rings.